The van der Waals surface area contributed by atoms with Crippen molar-refractivity contribution >= 4 is 0 Å². The molecule has 0 amide bonds. The van der Waals surface area contributed by atoms with Gasteiger partial charge in [-0.05, 0) is 32.4 Å². The Morgan fingerprint density at radius 3 is 2.28 bits per heavy atom. The molecule has 1 rings (SSSR count). The maximum absolute atomic E-state index is 13.8. The fourth-order valence-corrected chi connectivity index (χ4v) is 2.07. The molecule has 18 heavy (non-hydrogen) atoms. The van der Waals surface area contributed by atoms with Crippen LogP contribution in [-0.2, 0) is 4.74 Å². The summed E-state index contributed by atoms with van der Waals surface area (Å²) >= 11 is 0. The highest BCUT2D eigenvalue weighted by Crippen LogP contribution is 2.34. The SMILES string of the molecule is CCOC(C)(CC)C(NN)c1c(F)cccc1F. The maximum Gasteiger partial charge on any atom is 0.131 e. The second-order valence-corrected chi connectivity index (χ2v) is 4.33. The number of hydrogen-bond acceptors (Lipinski definition) is 3. The van der Waals surface area contributed by atoms with Crippen LogP contribution in [0.4, 0.5) is 8.78 Å². The molecule has 0 saturated carbocycles. The number of hydrogen-bond donors (Lipinski definition) is 2. The maximum atomic E-state index is 13.8. The van der Waals surface area contributed by atoms with E-state index in [4.69, 9.17) is 10.6 Å². The lowest BCUT2D eigenvalue weighted by atomic mass is 9.87. The summed E-state index contributed by atoms with van der Waals surface area (Å²) in [5, 5.41) is 0. The van der Waals surface area contributed by atoms with Gasteiger partial charge in [0.25, 0.3) is 0 Å². The molecule has 0 aliphatic heterocycles. The molecule has 0 heterocycles. The third-order valence-corrected chi connectivity index (χ3v) is 3.24. The summed E-state index contributed by atoms with van der Waals surface area (Å²) in [6.07, 6.45) is 0.573. The van der Waals surface area contributed by atoms with Crippen molar-refractivity contribution in [1.29, 1.82) is 0 Å². The molecule has 0 radical (unpaired) electrons. The van der Waals surface area contributed by atoms with Crippen molar-refractivity contribution in [2.24, 2.45) is 5.84 Å². The Balaban J connectivity index is 3.24. The highest BCUT2D eigenvalue weighted by molar-refractivity contribution is 5.25. The predicted molar refractivity (Wildman–Crippen MR) is 66.7 cm³/mol. The van der Waals surface area contributed by atoms with Gasteiger partial charge in [0.05, 0.1) is 11.6 Å². The van der Waals surface area contributed by atoms with E-state index in [0.29, 0.717) is 13.0 Å². The molecule has 2 atom stereocenters. The number of hydrazine groups is 1. The predicted octanol–water partition coefficient (Wildman–Crippen LogP) is 2.67. The molecular formula is C13H20F2N2O. The molecule has 0 aromatic heterocycles. The number of nitrogens with one attached hydrogen (secondary N) is 1. The first-order chi connectivity index (χ1) is 8.50. The van der Waals surface area contributed by atoms with E-state index in [9.17, 15) is 8.78 Å². The molecule has 3 nitrogen and oxygen atoms in total. The van der Waals surface area contributed by atoms with Crippen LogP contribution in [0.5, 0.6) is 0 Å². The number of nitrogens with two attached hydrogens (primary N) is 1. The Morgan fingerprint density at radius 1 is 1.33 bits per heavy atom. The monoisotopic (exact) mass is 258 g/mol. The Hall–Kier alpha value is -1.04. The van der Waals surface area contributed by atoms with Crippen molar-refractivity contribution in [1.82, 2.24) is 5.43 Å². The van der Waals surface area contributed by atoms with Crippen molar-refractivity contribution < 1.29 is 13.5 Å². The Kier molecular flexibility index (Phi) is 5.19. The molecule has 0 fully saturated rings. The summed E-state index contributed by atoms with van der Waals surface area (Å²) in [5.41, 5.74) is 1.61. The molecule has 1 aromatic rings. The van der Waals surface area contributed by atoms with Gasteiger partial charge in [-0.25, -0.2) is 14.2 Å². The number of benzene rings is 1. The molecule has 3 N–H and O–H groups in total. The lowest BCUT2D eigenvalue weighted by Crippen LogP contribution is -2.47. The molecule has 0 bridgehead atoms. The molecule has 5 heteroatoms. The molecule has 0 spiro atoms. The van der Waals surface area contributed by atoms with Crippen LogP contribution in [0.15, 0.2) is 18.2 Å². The molecule has 2 unspecified atom stereocenters. The fraction of sp³-hybridized carbons (Fsp3) is 0.538. The standard InChI is InChI=1S/C13H20F2N2O/c1-4-13(3,18-5-2)12(17-16)11-9(14)7-6-8-10(11)15/h6-8,12,17H,4-5,16H2,1-3H3. The molecule has 0 aliphatic rings. The van der Waals surface area contributed by atoms with Gasteiger partial charge in [0.1, 0.15) is 11.6 Å². The summed E-state index contributed by atoms with van der Waals surface area (Å²) in [7, 11) is 0. The molecule has 0 saturated heterocycles. The molecule has 1 aromatic carbocycles. The van der Waals surface area contributed by atoms with Crippen LogP contribution >= 0.6 is 0 Å². The Labute approximate surface area is 106 Å². The molecule has 0 aliphatic carbocycles. The average Bonchev–Trinajstić information content (AvgIpc) is 2.34. The lowest BCUT2D eigenvalue weighted by molar-refractivity contribution is -0.0579. The van der Waals surface area contributed by atoms with Crippen LogP contribution in [0.3, 0.4) is 0 Å². The van der Waals surface area contributed by atoms with E-state index in [1.54, 1.807) is 6.92 Å². The van der Waals surface area contributed by atoms with Crippen LogP contribution in [-0.4, -0.2) is 12.2 Å². The van der Waals surface area contributed by atoms with E-state index in [1.807, 2.05) is 13.8 Å². The van der Waals surface area contributed by atoms with Gasteiger partial charge in [-0.2, -0.15) is 0 Å². The lowest BCUT2D eigenvalue weighted by Gasteiger charge is -2.36. The average molecular weight is 258 g/mol. The van der Waals surface area contributed by atoms with Gasteiger partial charge >= 0.3 is 0 Å². The van der Waals surface area contributed by atoms with Gasteiger partial charge in [-0.15, -0.1) is 0 Å². The van der Waals surface area contributed by atoms with Gasteiger partial charge in [-0.3, -0.25) is 5.84 Å². The van der Waals surface area contributed by atoms with E-state index in [-0.39, 0.29) is 5.56 Å². The molecular weight excluding hydrogens is 238 g/mol. The first-order valence-corrected chi connectivity index (χ1v) is 6.04. The van der Waals surface area contributed by atoms with Crippen LogP contribution in [0.1, 0.15) is 38.8 Å². The van der Waals surface area contributed by atoms with Crippen LogP contribution in [0.25, 0.3) is 0 Å². The highest BCUT2D eigenvalue weighted by atomic mass is 19.1. The van der Waals surface area contributed by atoms with E-state index in [0.717, 1.165) is 0 Å². The summed E-state index contributed by atoms with van der Waals surface area (Å²) < 4.78 is 33.2. The second kappa shape index (κ2) is 6.22. The van der Waals surface area contributed by atoms with Gasteiger partial charge in [0.15, 0.2) is 0 Å². The highest BCUT2D eigenvalue weighted by Gasteiger charge is 2.37. The number of rotatable bonds is 6. The first-order valence-electron chi connectivity index (χ1n) is 6.04. The van der Waals surface area contributed by atoms with Crippen LogP contribution < -0.4 is 11.3 Å². The van der Waals surface area contributed by atoms with E-state index in [2.05, 4.69) is 5.43 Å². The summed E-state index contributed by atoms with van der Waals surface area (Å²) in [6, 6.07) is 3.00. The number of halogens is 2. The zero-order valence-corrected chi connectivity index (χ0v) is 11.0. The minimum Gasteiger partial charge on any atom is -0.374 e. The minimum atomic E-state index is -0.771. The van der Waals surface area contributed by atoms with Gasteiger partial charge in [-0.1, -0.05) is 13.0 Å². The number of ether oxygens (including phenoxy) is 1. The third-order valence-electron chi connectivity index (χ3n) is 3.24. The summed E-state index contributed by atoms with van der Waals surface area (Å²) in [5.74, 6) is 4.22. The smallest absolute Gasteiger partial charge is 0.131 e. The van der Waals surface area contributed by atoms with E-state index in [1.165, 1.54) is 18.2 Å². The zero-order chi connectivity index (χ0) is 13.8. The van der Waals surface area contributed by atoms with Crippen molar-refractivity contribution in [2.75, 3.05) is 6.61 Å². The summed E-state index contributed by atoms with van der Waals surface area (Å²) in [4.78, 5) is 0. The third kappa shape index (κ3) is 2.85. The minimum absolute atomic E-state index is 0.0854. The van der Waals surface area contributed by atoms with Crippen LogP contribution in [0, 0.1) is 11.6 Å². The van der Waals surface area contributed by atoms with Gasteiger partial charge in [0, 0.05) is 12.2 Å². The van der Waals surface area contributed by atoms with E-state index < -0.39 is 23.3 Å². The fourth-order valence-electron chi connectivity index (χ4n) is 2.07. The Bertz CT molecular complexity index is 380. The van der Waals surface area contributed by atoms with E-state index >= 15 is 0 Å². The van der Waals surface area contributed by atoms with Crippen LogP contribution in [0.2, 0.25) is 0 Å². The topological polar surface area (TPSA) is 47.3 Å². The normalized spacial score (nSPS) is 16.3. The van der Waals surface area contributed by atoms with Crippen molar-refractivity contribution in [3.63, 3.8) is 0 Å². The van der Waals surface area contributed by atoms with Crippen molar-refractivity contribution in [2.45, 2.75) is 38.8 Å². The van der Waals surface area contributed by atoms with Gasteiger partial charge < -0.3 is 4.74 Å². The second-order valence-electron chi connectivity index (χ2n) is 4.33. The zero-order valence-electron chi connectivity index (χ0n) is 11.0. The van der Waals surface area contributed by atoms with Crippen molar-refractivity contribution in [3.05, 3.63) is 35.4 Å². The Morgan fingerprint density at radius 2 is 1.89 bits per heavy atom. The largest absolute Gasteiger partial charge is 0.374 e. The first kappa shape index (κ1) is 15.0. The van der Waals surface area contributed by atoms with Gasteiger partial charge in [0.2, 0.25) is 0 Å². The summed E-state index contributed by atoms with van der Waals surface area (Å²) in [6.45, 7) is 5.95. The molecule has 102 valence electrons. The van der Waals surface area contributed by atoms with Crippen molar-refractivity contribution in [3.8, 4) is 0 Å². The quantitative estimate of drug-likeness (QED) is 0.609.